The Balaban J connectivity index is 2.79. The van der Waals surface area contributed by atoms with Gasteiger partial charge in [-0.2, -0.15) is 8.42 Å². The van der Waals surface area contributed by atoms with Gasteiger partial charge in [0.1, 0.15) is 0 Å². The number of carbonyl (C=O) groups excluding carboxylic acids is 1. The smallest absolute Gasteiger partial charge is 0.268 e. The van der Waals surface area contributed by atoms with Crippen molar-refractivity contribution in [2.24, 2.45) is 0 Å². The van der Waals surface area contributed by atoms with Gasteiger partial charge in [-0.15, -0.1) is 0 Å². The Morgan fingerprint density at radius 2 is 1.79 bits per heavy atom. The zero-order valence-corrected chi connectivity index (χ0v) is 8.34. The van der Waals surface area contributed by atoms with E-state index in [1.807, 2.05) is 9.44 Å². The first-order chi connectivity index (χ1) is 6.55. The molecule has 2 N–H and O–H groups in total. The summed E-state index contributed by atoms with van der Waals surface area (Å²) in [6, 6.07) is 8.10. The summed E-state index contributed by atoms with van der Waals surface area (Å²) in [6.07, 6.45) is 0. The Morgan fingerprint density at radius 1 is 1.21 bits per heavy atom. The molecule has 0 aromatic heterocycles. The molecule has 0 bridgehead atoms. The minimum atomic E-state index is -3.72. The van der Waals surface area contributed by atoms with E-state index in [-0.39, 0.29) is 0 Å². The van der Waals surface area contributed by atoms with Crippen LogP contribution < -0.4 is 9.44 Å². The lowest BCUT2D eigenvalue weighted by molar-refractivity contribution is 0.0981. The Kier molecular flexibility index (Phi) is 3.21. The van der Waals surface area contributed by atoms with Crippen LogP contribution in [0.25, 0.3) is 0 Å². The molecule has 5 nitrogen and oxygen atoms in total. The molecular weight excluding hydrogens is 204 g/mol. The van der Waals surface area contributed by atoms with Crippen LogP contribution in [-0.2, 0) is 10.2 Å². The van der Waals surface area contributed by atoms with Gasteiger partial charge in [0, 0.05) is 12.6 Å². The number of carbonyl (C=O) groups is 1. The van der Waals surface area contributed by atoms with Crippen LogP contribution in [0.3, 0.4) is 0 Å². The van der Waals surface area contributed by atoms with Gasteiger partial charge in [0.05, 0.1) is 0 Å². The van der Waals surface area contributed by atoms with Crippen LogP contribution >= 0.6 is 0 Å². The molecule has 0 aliphatic heterocycles. The van der Waals surface area contributed by atoms with Crippen molar-refractivity contribution in [3.63, 3.8) is 0 Å². The van der Waals surface area contributed by atoms with Gasteiger partial charge in [0.15, 0.2) is 0 Å². The van der Waals surface area contributed by atoms with Crippen LogP contribution in [0.1, 0.15) is 10.4 Å². The molecule has 0 unspecified atom stereocenters. The zero-order chi connectivity index (χ0) is 10.6. The van der Waals surface area contributed by atoms with Crippen molar-refractivity contribution in [2.75, 3.05) is 7.05 Å². The highest BCUT2D eigenvalue weighted by atomic mass is 32.2. The van der Waals surface area contributed by atoms with Crippen LogP contribution in [0.4, 0.5) is 0 Å². The first-order valence-electron chi connectivity index (χ1n) is 3.86. The molecule has 0 aliphatic rings. The van der Waals surface area contributed by atoms with E-state index >= 15 is 0 Å². The molecule has 0 spiro atoms. The van der Waals surface area contributed by atoms with Crippen molar-refractivity contribution >= 4 is 16.1 Å². The highest BCUT2D eigenvalue weighted by Crippen LogP contribution is 1.98. The van der Waals surface area contributed by atoms with E-state index < -0.39 is 16.1 Å². The fourth-order valence-electron chi connectivity index (χ4n) is 0.822. The molecule has 0 saturated carbocycles. The predicted molar refractivity (Wildman–Crippen MR) is 51.9 cm³/mol. The number of hydrogen-bond acceptors (Lipinski definition) is 3. The lowest BCUT2D eigenvalue weighted by Crippen LogP contribution is -2.38. The summed E-state index contributed by atoms with van der Waals surface area (Å²) in [7, 11) is -2.49. The summed E-state index contributed by atoms with van der Waals surface area (Å²) in [4.78, 5) is 11.3. The molecule has 76 valence electrons. The Bertz CT molecular complexity index is 413. The zero-order valence-electron chi connectivity index (χ0n) is 7.52. The van der Waals surface area contributed by atoms with E-state index in [0.717, 1.165) is 0 Å². The quantitative estimate of drug-likeness (QED) is 0.736. The first kappa shape index (κ1) is 10.7. The second-order valence-electron chi connectivity index (χ2n) is 2.50. The standard InChI is InChI=1S/C8H10N2O3S/c1-9-14(12,13)10-8(11)7-5-3-2-4-6-7/h2-6,9H,1H3,(H,10,11). The Morgan fingerprint density at radius 3 is 2.29 bits per heavy atom. The average molecular weight is 214 g/mol. The predicted octanol–water partition coefficient (Wildman–Crippen LogP) is -0.119. The van der Waals surface area contributed by atoms with E-state index in [0.29, 0.717) is 5.56 Å². The molecule has 1 aromatic carbocycles. The molecule has 6 heteroatoms. The Hall–Kier alpha value is -1.40. The summed E-state index contributed by atoms with van der Waals surface area (Å²) >= 11 is 0. The molecule has 0 fully saturated rings. The maximum absolute atomic E-state index is 11.3. The first-order valence-corrected chi connectivity index (χ1v) is 5.34. The van der Waals surface area contributed by atoms with Gasteiger partial charge in [-0.05, 0) is 12.1 Å². The van der Waals surface area contributed by atoms with Crippen LogP contribution in [-0.4, -0.2) is 21.4 Å². The fourth-order valence-corrected chi connectivity index (χ4v) is 1.29. The normalized spacial score (nSPS) is 10.9. The highest BCUT2D eigenvalue weighted by Gasteiger charge is 2.12. The molecule has 1 rings (SSSR count). The lowest BCUT2D eigenvalue weighted by Gasteiger charge is -2.04. The fraction of sp³-hybridized carbons (Fsp3) is 0.125. The summed E-state index contributed by atoms with van der Waals surface area (Å²) in [6.45, 7) is 0. The second kappa shape index (κ2) is 4.21. The van der Waals surface area contributed by atoms with Crippen LogP contribution in [0.2, 0.25) is 0 Å². The molecule has 0 atom stereocenters. The number of amides is 1. The molecular formula is C8H10N2O3S. The van der Waals surface area contributed by atoms with Gasteiger partial charge in [-0.1, -0.05) is 18.2 Å². The summed E-state index contributed by atoms with van der Waals surface area (Å²) < 4.78 is 25.7. The molecule has 14 heavy (non-hydrogen) atoms. The third kappa shape index (κ3) is 2.82. The van der Waals surface area contributed by atoms with Crippen molar-refractivity contribution in [1.29, 1.82) is 0 Å². The summed E-state index contributed by atoms with van der Waals surface area (Å²) in [5.74, 6) is -0.653. The van der Waals surface area contributed by atoms with Gasteiger partial charge >= 0.3 is 10.2 Å². The van der Waals surface area contributed by atoms with Gasteiger partial charge in [0.25, 0.3) is 5.91 Å². The van der Waals surface area contributed by atoms with Crippen molar-refractivity contribution in [3.05, 3.63) is 35.9 Å². The van der Waals surface area contributed by atoms with Crippen LogP contribution in [0, 0.1) is 0 Å². The van der Waals surface area contributed by atoms with Gasteiger partial charge in [-0.25, -0.2) is 9.44 Å². The lowest BCUT2D eigenvalue weighted by atomic mass is 10.2. The minimum absolute atomic E-state index is 0.298. The van der Waals surface area contributed by atoms with E-state index in [4.69, 9.17) is 0 Å². The molecule has 0 saturated heterocycles. The van der Waals surface area contributed by atoms with E-state index in [2.05, 4.69) is 0 Å². The average Bonchev–Trinajstić information content (AvgIpc) is 2.19. The second-order valence-corrected chi connectivity index (χ2v) is 4.12. The third-order valence-corrected chi connectivity index (χ3v) is 2.52. The minimum Gasteiger partial charge on any atom is -0.268 e. The maximum Gasteiger partial charge on any atom is 0.301 e. The SMILES string of the molecule is CNS(=O)(=O)NC(=O)c1ccccc1. The number of hydrogen-bond donors (Lipinski definition) is 2. The maximum atomic E-state index is 11.3. The van der Waals surface area contributed by atoms with Gasteiger partial charge < -0.3 is 0 Å². The van der Waals surface area contributed by atoms with E-state index in [1.165, 1.54) is 19.2 Å². The molecule has 0 heterocycles. The van der Waals surface area contributed by atoms with Crippen molar-refractivity contribution in [3.8, 4) is 0 Å². The molecule has 0 radical (unpaired) electrons. The number of benzene rings is 1. The van der Waals surface area contributed by atoms with E-state index in [9.17, 15) is 13.2 Å². The van der Waals surface area contributed by atoms with Gasteiger partial charge in [0.2, 0.25) is 0 Å². The third-order valence-electron chi connectivity index (χ3n) is 1.53. The molecule has 0 aliphatic carbocycles. The molecule has 1 aromatic rings. The number of nitrogens with one attached hydrogen (secondary N) is 2. The topological polar surface area (TPSA) is 75.3 Å². The monoisotopic (exact) mass is 214 g/mol. The number of rotatable bonds is 3. The van der Waals surface area contributed by atoms with Crippen molar-refractivity contribution < 1.29 is 13.2 Å². The van der Waals surface area contributed by atoms with Crippen LogP contribution in [0.15, 0.2) is 30.3 Å². The summed E-state index contributed by atoms with van der Waals surface area (Å²) in [5, 5.41) is 0. The van der Waals surface area contributed by atoms with Crippen molar-refractivity contribution in [2.45, 2.75) is 0 Å². The van der Waals surface area contributed by atoms with Crippen molar-refractivity contribution in [1.82, 2.24) is 9.44 Å². The summed E-state index contributed by atoms with van der Waals surface area (Å²) in [5.41, 5.74) is 0.298. The van der Waals surface area contributed by atoms with E-state index in [1.54, 1.807) is 18.2 Å². The Labute approximate surface area is 82.3 Å². The highest BCUT2D eigenvalue weighted by molar-refractivity contribution is 7.88. The van der Waals surface area contributed by atoms with Crippen LogP contribution in [0.5, 0.6) is 0 Å². The van der Waals surface area contributed by atoms with Gasteiger partial charge in [-0.3, -0.25) is 4.79 Å². The largest absolute Gasteiger partial charge is 0.301 e. The molecule has 1 amide bonds.